The van der Waals surface area contributed by atoms with Crippen LogP contribution in [0.5, 0.6) is 0 Å². The van der Waals surface area contributed by atoms with E-state index in [2.05, 4.69) is 72.3 Å². The molecule has 292 valence electrons. The van der Waals surface area contributed by atoms with Crippen LogP contribution in [0.15, 0.2) is 48.2 Å². The van der Waals surface area contributed by atoms with Gasteiger partial charge in [-0.05, 0) is 119 Å². The highest BCUT2D eigenvalue weighted by atomic mass is 16.3. The highest BCUT2D eigenvalue weighted by Crippen LogP contribution is 2.48. The third-order valence-corrected chi connectivity index (χ3v) is 11.8. The van der Waals surface area contributed by atoms with Crippen LogP contribution >= 0.6 is 0 Å². The van der Waals surface area contributed by atoms with Crippen LogP contribution in [-0.2, 0) is 4.79 Å². The first-order chi connectivity index (χ1) is 23.9. The summed E-state index contributed by atoms with van der Waals surface area (Å²) in [6.45, 7) is 33.6. The highest BCUT2D eigenvalue weighted by Gasteiger charge is 2.41. The number of allylic oxidation sites excluding steroid dienone is 4. The summed E-state index contributed by atoms with van der Waals surface area (Å²) >= 11 is 0. The largest absolute Gasteiger partial charge is 0.386 e. The summed E-state index contributed by atoms with van der Waals surface area (Å²) in [5.41, 5.74) is 3.86. The van der Waals surface area contributed by atoms with Gasteiger partial charge in [0, 0.05) is 18.2 Å². The van der Waals surface area contributed by atoms with E-state index in [1.807, 2.05) is 40.8 Å². The molecule has 4 nitrogen and oxygen atoms in total. The van der Waals surface area contributed by atoms with Crippen molar-refractivity contribution in [3.05, 3.63) is 48.2 Å². The second-order valence-electron chi connectivity index (χ2n) is 15.6. The quantitative estimate of drug-likeness (QED) is 0.0985. The minimum atomic E-state index is -0.578. The van der Waals surface area contributed by atoms with E-state index in [-0.39, 0.29) is 6.04 Å². The molecule has 0 aliphatic heterocycles. The average Bonchev–Trinajstić information content (AvgIpc) is 4.03. The lowest BCUT2D eigenvalue weighted by Crippen LogP contribution is -2.42. The Morgan fingerprint density at radius 1 is 0.900 bits per heavy atom. The summed E-state index contributed by atoms with van der Waals surface area (Å²) in [4.78, 5) is 11.3. The molecule has 9 atom stereocenters. The molecule has 0 saturated heterocycles. The van der Waals surface area contributed by atoms with Crippen LogP contribution in [0.25, 0.3) is 0 Å². The van der Waals surface area contributed by atoms with Gasteiger partial charge in [0.25, 0.3) is 0 Å². The maximum Gasteiger partial charge on any atom is 0.130 e. The Hall–Kier alpha value is -1.65. The topological polar surface area (TPSA) is 61.4 Å². The van der Waals surface area contributed by atoms with Gasteiger partial charge in [-0.3, -0.25) is 0 Å². The van der Waals surface area contributed by atoms with Crippen molar-refractivity contribution in [1.29, 1.82) is 0 Å². The monoisotopic (exact) mass is 699 g/mol. The number of hydrogen-bond donors (Lipinski definition) is 3. The molecule has 0 radical (unpaired) electrons. The van der Waals surface area contributed by atoms with Crippen molar-refractivity contribution in [3.8, 4) is 0 Å². The van der Waals surface area contributed by atoms with Gasteiger partial charge in [-0.1, -0.05) is 138 Å². The zero-order valence-electron chi connectivity index (χ0n) is 35.5. The molecule has 3 saturated carbocycles. The molecule has 9 unspecified atom stereocenters. The van der Waals surface area contributed by atoms with Gasteiger partial charge >= 0.3 is 0 Å². The Morgan fingerprint density at radius 2 is 1.48 bits per heavy atom. The van der Waals surface area contributed by atoms with Gasteiger partial charge in [0.2, 0.25) is 0 Å². The van der Waals surface area contributed by atoms with Crippen LogP contribution in [-0.4, -0.2) is 36.1 Å². The third-order valence-electron chi connectivity index (χ3n) is 11.8. The molecule has 3 N–H and O–H groups in total. The first kappa shape index (κ1) is 48.3. The smallest absolute Gasteiger partial charge is 0.130 e. The number of hydrogen-bond acceptors (Lipinski definition) is 4. The molecule has 50 heavy (non-hydrogen) atoms. The molecule has 4 heteroatoms. The lowest BCUT2D eigenvalue weighted by molar-refractivity contribution is -0.118. The van der Waals surface area contributed by atoms with E-state index in [9.17, 15) is 9.90 Å². The maximum atomic E-state index is 11.3. The van der Waals surface area contributed by atoms with E-state index < -0.39 is 6.10 Å². The first-order valence-electron chi connectivity index (χ1n) is 21.2. The van der Waals surface area contributed by atoms with Gasteiger partial charge in [0.05, 0.1) is 12.1 Å². The summed E-state index contributed by atoms with van der Waals surface area (Å²) in [5, 5.41) is 18.1. The highest BCUT2D eigenvalue weighted by molar-refractivity contribution is 5.75. The Bertz CT molecular complexity index is 984. The van der Waals surface area contributed by atoms with Gasteiger partial charge in [0.15, 0.2) is 0 Å². The van der Waals surface area contributed by atoms with Crippen molar-refractivity contribution in [2.75, 3.05) is 7.05 Å². The standard InChI is InChI=1S/C29H49NO.C13H25NO.2C2H6/c1-8-13-24(10-3)29(31)23(7)30-28(26-16-12-17-26)22(6)27(25-18-19-25)21(5)15-11-14-20(4)9-2;1-5-9(2)13(14-4)12(8-10(3)15)11-6-7-11;2*1-2/h8,10,13,20-23,25,27,29-31H,1,3,9,11-12,14-19H2,2,4-7H3;9,11-14H,5-8H2,1-4H3;2*1-2H3/b24-13+;;;. The number of Topliss-reactive ketones (excluding diaryl/α,β-unsaturated/α-hetero) is 1. The van der Waals surface area contributed by atoms with Crippen LogP contribution in [0.2, 0.25) is 0 Å². The second-order valence-corrected chi connectivity index (χ2v) is 15.6. The fourth-order valence-corrected chi connectivity index (χ4v) is 8.06. The molecular formula is C46H86N2O2. The molecule has 0 heterocycles. The molecule has 0 amide bonds. The van der Waals surface area contributed by atoms with Gasteiger partial charge in [-0.25, -0.2) is 0 Å². The molecular weight excluding hydrogens is 613 g/mol. The zero-order valence-corrected chi connectivity index (χ0v) is 35.5. The van der Waals surface area contributed by atoms with Crippen LogP contribution in [0, 0.1) is 47.3 Å². The van der Waals surface area contributed by atoms with Crippen LogP contribution in [0.4, 0.5) is 0 Å². The van der Waals surface area contributed by atoms with E-state index >= 15 is 0 Å². The number of rotatable bonds is 22. The van der Waals surface area contributed by atoms with Gasteiger partial charge in [0.1, 0.15) is 5.78 Å². The van der Waals surface area contributed by atoms with Gasteiger partial charge in [-0.15, -0.1) is 0 Å². The Kier molecular flexibility index (Phi) is 26.1. The van der Waals surface area contributed by atoms with Crippen molar-refractivity contribution >= 4 is 5.78 Å². The molecule has 3 rings (SSSR count). The number of aliphatic hydroxyl groups excluding tert-OH is 1. The molecule has 0 aromatic rings. The van der Waals surface area contributed by atoms with Crippen LogP contribution in [0.3, 0.4) is 0 Å². The van der Waals surface area contributed by atoms with Crippen molar-refractivity contribution in [2.24, 2.45) is 47.3 Å². The summed E-state index contributed by atoms with van der Waals surface area (Å²) in [5.74, 6) is 6.16. The predicted octanol–water partition coefficient (Wildman–Crippen LogP) is 12.3. The molecule has 0 aromatic carbocycles. The minimum Gasteiger partial charge on any atom is -0.386 e. The van der Waals surface area contributed by atoms with Crippen molar-refractivity contribution in [3.63, 3.8) is 0 Å². The van der Waals surface area contributed by atoms with E-state index in [1.165, 1.54) is 82.7 Å². The number of carbonyl (C=O) groups is 1. The van der Waals surface area contributed by atoms with Crippen molar-refractivity contribution in [2.45, 2.75) is 185 Å². The van der Waals surface area contributed by atoms with E-state index in [1.54, 1.807) is 24.6 Å². The first-order valence-corrected chi connectivity index (χ1v) is 21.2. The van der Waals surface area contributed by atoms with Crippen LogP contribution in [0.1, 0.15) is 167 Å². The number of carbonyl (C=O) groups excluding carboxylic acids is 1. The molecule has 3 aliphatic rings. The van der Waals surface area contributed by atoms with E-state index in [4.69, 9.17) is 0 Å². The Labute approximate surface area is 312 Å². The predicted molar refractivity (Wildman–Crippen MR) is 222 cm³/mol. The molecule has 3 fully saturated rings. The van der Waals surface area contributed by atoms with E-state index in [0.717, 1.165) is 41.6 Å². The molecule has 0 aromatic heterocycles. The van der Waals surface area contributed by atoms with Crippen LogP contribution < -0.4 is 10.6 Å². The maximum absolute atomic E-state index is 11.3. The molecule has 0 bridgehead atoms. The Morgan fingerprint density at radius 3 is 1.88 bits per heavy atom. The van der Waals surface area contributed by atoms with E-state index in [0.29, 0.717) is 29.6 Å². The lowest BCUT2D eigenvalue weighted by Gasteiger charge is -2.37. The number of nitrogens with one attached hydrogen (secondary N) is 2. The summed E-state index contributed by atoms with van der Waals surface area (Å²) in [6.07, 6.45) is 21.2. The van der Waals surface area contributed by atoms with Crippen molar-refractivity contribution < 1.29 is 9.90 Å². The zero-order chi connectivity index (χ0) is 38.4. The molecule has 3 aliphatic carbocycles. The number of aliphatic hydroxyl groups is 1. The summed E-state index contributed by atoms with van der Waals surface area (Å²) < 4.78 is 0. The lowest BCUT2D eigenvalue weighted by atomic mass is 9.73. The van der Waals surface area contributed by atoms with Gasteiger partial charge < -0.3 is 20.5 Å². The normalized spacial score (nSPS) is 20.8. The molecule has 0 spiro atoms. The fraction of sp³-hybridized carbons (Fsp3) is 0.804. The summed E-state index contributed by atoms with van der Waals surface area (Å²) in [6, 6.07) is 0.474. The third kappa shape index (κ3) is 16.8. The summed E-state index contributed by atoms with van der Waals surface area (Å²) in [7, 11) is 2.03. The van der Waals surface area contributed by atoms with Crippen molar-refractivity contribution in [1.82, 2.24) is 10.6 Å². The Balaban J connectivity index is 0.00000106. The fourth-order valence-electron chi connectivity index (χ4n) is 8.06. The second kappa shape index (κ2) is 27.0. The average molecular weight is 699 g/mol. The number of ketones is 1. The SMILES string of the molecule is C=C/C=C(\C=C)C(O)C(C)NC(=C1CCC1)C(C)C(C(C)CCCC(C)CC)C1CC1.CC.CC.CCC(C)C(NC)C(CC(C)=O)C1CC1. The minimum absolute atomic E-state index is 0.0460. The van der Waals surface area contributed by atoms with Gasteiger partial charge in [-0.2, -0.15) is 0 Å².